The molecule has 0 bridgehead atoms. The number of halogens is 3. The molecular weight excluding hydrogens is 329 g/mol. The van der Waals surface area contributed by atoms with Gasteiger partial charge in [-0.3, -0.25) is 0 Å². The summed E-state index contributed by atoms with van der Waals surface area (Å²) in [5.74, 6) is -0.365. The standard InChI is InChI=1S/C15H8BrClFN/c16-10-6-7-12(18)14-11(17)8-13(19-15(10)14)9-4-2-1-3-5-9/h1-8H. The molecule has 0 aliphatic rings. The van der Waals surface area contributed by atoms with Gasteiger partial charge < -0.3 is 0 Å². The molecule has 94 valence electrons. The summed E-state index contributed by atoms with van der Waals surface area (Å²) in [5, 5.41) is 0.707. The predicted octanol–water partition coefficient (Wildman–Crippen LogP) is 5.46. The van der Waals surface area contributed by atoms with Crippen LogP contribution in [-0.2, 0) is 0 Å². The van der Waals surface area contributed by atoms with E-state index >= 15 is 0 Å². The Morgan fingerprint density at radius 1 is 1.05 bits per heavy atom. The highest BCUT2D eigenvalue weighted by Crippen LogP contribution is 2.33. The van der Waals surface area contributed by atoms with Gasteiger partial charge in [-0.05, 0) is 34.1 Å². The topological polar surface area (TPSA) is 12.9 Å². The molecule has 0 unspecified atom stereocenters. The zero-order valence-electron chi connectivity index (χ0n) is 9.70. The first-order valence-electron chi connectivity index (χ1n) is 5.66. The quantitative estimate of drug-likeness (QED) is 0.575. The molecule has 0 aliphatic carbocycles. The summed E-state index contributed by atoms with van der Waals surface area (Å²) in [5.41, 5.74) is 2.21. The predicted molar refractivity (Wildman–Crippen MR) is 79.8 cm³/mol. The Kier molecular flexibility index (Phi) is 3.25. The second-order valence-electron chi connectivity index (χ2n) is 4.11. The molecule has 2 aromatic carbocycles. The van der Waals surface area contributed by atoms with Crippen molar-refractivity contribution in [3.05, 3.63) is 63.8 Å². The van der Waals surface area contributed by atoms with Crippen LogP contribution >= 0.6 is 27.5 Å². The maximum absolute atomic E-state index is 13.8. The van der Waals surface area contributed by atoms with E-state index in [1.54, 1.807) is 12.1 Å². The van der Waals surface area contributed by atoms with Crippen LogP contribution in [0.3, 0.4) is 0 Å². The van der Waals surface area contributed by atoms with Crippen molar-refractivity contribution in [2.75, 3.05) is 0 Å². The highest BCUT2D eigenvalue weighted by molar-refractivity contribution is 9.10. The number of nitrogens with zero attached hydrogens (tertiary/aromatic N) is 1. The molecule has 0 atom stereocenters. The Morgan fingerprint density at radius 3 is 2.53 bits per heavy atom. The number of aromatic nitrogens is 1. The summed E-state index contributed by atoms with van der Waals surface area (Å²) < 4.78 is 14.5. The van der Waals surface area contributed by atoms with Crippen LogP contribution < -0.4 is 0 Å². The smallest absolute Gasteiger partial charge is 0.134 e. The molecule has 0 saturated carbocycles. The summed E-state index contributed by atoms with van der Waals surface area (Å²) >= 11 is 9.57. The molecule has 19 heavy (non-hydrogen) atoms. The van der Waals surface area contributed by atoms with Gasteiger partial charge in [0.15, 0.2) is 0 Å². The van der Waals surface area contributed by atoms with Crippen molar-refractivity contribution in [3.8, 4) is 11.3 Å². The van der Waals surface area contributed by atoms with E-state index in [2.05, 4.69) is 20.9 Å². The Balaban J connectivity index is 2.34. The van der Waals surface area contributed by atoms with Gasteiger partial charge in [0.25, 0.3) is 0 Å². The summed E-state index contributed by atoms with van der Waals surface area (Å²) in [4.78, 5) is 4.50. The summed E-state index contributed by atoms with van der Waals surface area (Å²) in [7, 11) is 0. The van der Waals surface area contributed by atoms with Crippen molar-refractivity contribution in [1.82, 2.24) is 4.98 Å². The van der Waals surface area contributed by atoms with Crippen LogP contribution in [0.25, 0.3) is 22.2 Å². The lowest BCUT2D eigenvalue weighted by molar-refractivity contribution is 0.639. The van der Waals surface area contributed by atoms with Gasteiger partial charge in [0.2, 0.25) is 0 Å². The summed E-state index contributed by atoms with van der Waals surface area (Å²) in [6.45, 7) is 0. The maximum Gasteiger partial charge on any atom is 0.134 e. The van der Waals surface area contributed by atoms with Crippen molar-refractivity contribution in [2.24, 2.45) is 0 Å². The van der Waals surface area contributed by atoms with E-state index in [0.29, 0.717) is 15.9 Å². The van der Waals surface area contributed by atoms with E-state index in [-0.39, 0.29) is 5.82 Å². The minimum atomic E-state index is -0.365. The van der Waals surface area contributed by atoms with Crippen LogP contribution in [0.1, 0.15) is 0 Å². The molecule has 0 saturated heterocycles. The first kappa shape index (κ1) is 12.6. The molecule has 0 fully saturated rings. The lowest BCUT2D eigenvalue weighted by atomic mass is 10.1. The van der Waals surface area contributed by atoms with Crippen molar-refractivity contribution >= 4 is 38.4 Å². The highest BCUT2D eigenvalue weighted by Gasteiger charge is 2.12. The van der Waals surface area contributed by atoms with Gasteiger partial charge in [0, 0.05) is 10.0 Å². The lowest BCUT2D eigenvalue weighted by Crippen LogP contribution is -1.90. The van der Waals surface area contributed by atoms with Crippen LogP contribution in [0.4, 0.5) is 4.39 Å². The van der Waals surface area contributed by atoms with E-state index in [1.165, 1.54) is 6.07 Å². The Labute approximate surface area is 123 Å². The molecule has 0 N–H and O–H groups in total. The Morgan fingerprint density at radius 2 is 1.79 bits per heavy atom. The largest absolute Gasteiger partial charge is 0.246 e. The maximum atomic E-state index is 13.8. The van der Waals surface area contributed by atoms with Crippen molar-refractivity contribution in [3.63, 3.8) is 0 Å². The van der Waals surface area contributed by atoms with Gasteiger partial charge in [0.05, 0.1) is 21.6 Å². The van der Waals surface area contributed by atoms with Gasteiger partial charge in [-0.1, -0.05) is 41.9 Å². The first-order chi connectivity index (χ1) is 9.16. The SMILES string of the molecule is Fc1ccc(Br)c2nc(-c3ccccc3)cc(Cl)c12. The second-order valence-corrected chi connectivity index (χ2v) is 5.37. The average Bonchev–Trinajstić information content (AvgIpc) is 2.43. The highest BCUT2D eigenvalue weighted by atomic mass is 79.9. The number of pyridine rings is 1. The fourth-order valence-electron chi connectivity index (χ4n) is 1.98. The molecule has 0 amide bonds. The van der Waals surface area contributed by atoms with E-state index in [0.717, 1.165) is 15.7 Å². The third-order valence-electron chi connectivity index (χ3n) is 2.88. The molecule has 0 spiro atoms. The normalized spacial score (nSPS) is 10.9. The Hall–Kier alpha value is -1.45. The fourth-order valence-corrected chi connectivity index (χ4v) is 2.68. The van der Waals surface area contributed by atoms with Crippen LogP contribution in [0.15, 0.2) is 53.0 Å². The van der Waals surface area contributed by atoms with E-state index < -0.39 is 0 Å². The number of rotatable bonds is 1. The number of hydrogen-bond acceptors (Lipinski definition) is 1. The van der Waals surface area contributed by atoms with Crippen LogP contribution in [-0.4, -0.2) is 4.98 Å². The van der Waals surface area contributed by atoms with E-state index in [1.807, 2.05) is 30.3 Å². The molecule has 1 nitrogen and oxygen atoms in total. The number of fused-ring (bicyclic) bond motifs is 1. The van der Waals surface area contributed by atoms with Gasteiger partial charge in [-0.2, -0.15) is 0 Å². The molecule has 0 radical (unpaired) electrons. The third-order valence-corrected chi connectivity index (χ3v) is 3.82. The number of hydrogen-bond donors (Lipinski definition) is 0. The monoisotopic (exact) mass is 335 g/mol. The number of benzene rings is 2. The average molecular weight is 337 g/mol. The molecule has 4 heteroatoms. The lowest BCUT2D eigenvalue weighted by Gasteiger charge is -2.07. The zero-order chi connectivity index (χ0) is 13.4. The van der Waals surface area contributed by atoms with Crippen LogP contribution in [0, 0.1) is 5.82 Å². The van der Waals surface area contributed by atoms with Gasteiger partial charge in [-0.15, -0.1) is 0 Å². The van der Waals surface area contributed by atoms with Crippen LogP contribution in [0.2, 0.25) is 5.02 Å². The van der Waals surface area contributed by atoms with Crippen molar-refractivity contribution in [2.45, 2.75) is 0 Å². The second kappa shape index (κ2) is 4.91. The third kappa shape index (κ3) is 2.24. The zero-order valence-corrected chi connectivity index (χ0v) is 12.0. The van der Waals surface area contributed by atoms with E-state index in [4.69, 9.17) is 11.6 Å². The summed E-state index contributed by atoms with van der Waals surface area (Å²) in [6, 6.07) is 14.4. The minimum absolute atomic E-state index is 0.343. The molecule has 1 aromatic heterocycles. The minimum Gasteiger partial charge on any atom is -0.246 e. The van der Waals surface area contributed by atoms with Gasteiger partial charge >= 0.3 is 0 Å². The molecule has 3 rings (SSSR count). The molecular formula is C15H8BrClFN. The van der Waals surface area contributed by atoms with Crippen molar-refractivity contribution < 1.29 is 4.39 Å². The molecule has 3 aromatic rings. The Bertz CT molecular complexity index is 759. The van der Waals surface area contributed by atoms with Crippen LogP contribution in [0.5, 0.6) is 0 Å². The van der Waals surface area contributed by atoms with Gasteiger partial charge in [0.1, 0.15) is 5.82 Å². The molecule has 0 aliphatic heterocycles. The first-order valence-corrected chi connectivity index (χ1v) is 6.83. The van der Waals surface area contributed by atoms with Crippen molar-refractivity contribution in [1.29, 1.82) is 0 Å². The van der Waals surface area contributed by atoms with Gasteiger partial charge in [-0.25, -0.2) is 9.37 Å². The molecule has 1 heterocycles. The van der Waals surface area contributed by atoms with E-state index in [9.17, 15) is 4.39 Å². The summed E-state index contributed by atoms with van der Waals surface area (Å²) in [6.07, 6.45) is 0. The fraction of sp³-hybridized carbons (Fsp3) is 0.